The highest BCUT2D eigenvalue weighted by molar-refractivity contribution is 4.58. The Bertz CT molecular complexity index is 24.7. The summed E-state index contributed by atoms with van der Waals surface area (Å²) in [6.07, 6.45) is 0.583. The van der Waals surface area contributed by atoms with Crippen LogP contribution in [0.5, 0.6) is 0 Å². The Morgan fingerprint density at radius 2 is 1.83 bits per heavy atom. The minimum atomic E-state index is 0.583. The fraction of sp³-hybridized carbons (Fsp3) is 1.00. The molecule has 1 unspecified atom stereocenters. The van der Waals surface area contributed by atoms with Gasteiger partial charge in [0.2, 0.25) is 0 Å². The molecule has 0 bridgehead atoms. The molecule has 1 fully saturated rings. The van der Waals surface area contributed by atoms with Gasteiger partial charge in [0.15, 0.2) is 0 Å². The van der Waals surface area contributed by atoms with E-state index in [1.165, 1.54) is 0 Å². The molecule has 6 heavy (non-hydrogen) atoms. The van der Waals surface area contributed by atoms with E-state index >= 15 is 0 Å². The molecule has 38 valence electrons. The maximum absolute atomic E-state index is 7.00. The van der Waals surface area contributed by atoms with Crippen LogP contribution in [-0.2, 0) is 4.74 Å². The van der Waals surface area contributed by atoms with E-state index in [1.807, 2.05) is 0 Å². The third-order valence-electron chi connectivity index (χ3n) is 0.500. The fourth-order valence-corrected chi connectivity index (χ4v) is 0.0962. The monoisotopic (exact) mass is 90.1 g/mol. The van der Waals surface area contributed by atoms with Crippen LogP contribution in [0.25, 0.3) is 0 Å². The van der Waals surface area contributed by atoms with Crippen molar-refractivity contribution in [1.82, 2.24) is 0 Å². The SMILES string of the molecule is CC1CO1.CO. The molecule has 0 spiro atoms. The summed E-state index contributed by atoms with van der Waals surface area (Å²) in [4.78, 5) is 0. The summed E-state index contributed by atoms with van der Waals surface area (Å²) in [5.74, 6) is 0. The maximum Gasteiger partial charge on any atom is 0.0781 e. The summed E-state index contributed by atoms with van der Waals surface area (Å²) in [7, 11) is 1.00. The molecule has 0 aromatic carbocycles. The van der Waals surface area contributed by atoms with Crippen molar-refractivity contribution in [2.24, 2.45) is 0 Å². The van der Waals surface area contributed by atoms with Gasteiger partial charge in [-0.1, -0.05) is 0 Å². The van der Waals surface area contributed by atoms with E-state index in [-0.39, 0.29) is 0 Å². The zero-order valence-corrected chi connectivity index (χ0v) is 4.14. The van der Waals surface area contributed by atoms with E-state index in [1.54, 1.807) is 0 Å². The van der Waals surface area contributed by atoms with Crippen molar-refractivity contribution in [2.45, 2.75) is 13.0 Å². The normalized spacial score (nSPS) is 27.5. The third kappa shape index (κ3) is 3.92. The molecule has 1 atom stereocenters. The molecule has 2 heteroatoms. The van der Waals surface area contributed by atoms with Gasteiger partial charge in [-0.25, -0.2) is 0 Å². The van der Waals surface area contributed by atoms with E-state index in [4.69, 9.17) is 9.84 Å². The number of aliphatic hydroxyl groups excluding tert-OH is 1. The van der Waals surface area contributed by atoms with E-state index in [9.17, 15) is 0 Å². The molecular weight excluding hydrogens is 80.0 g/mol. The fourth-order valence-electron chi connectivity index (χ4n) is 0.0962. The quantitative estimate of drug-likeness (QED) is 0.425. The van der Waals surface area contributed by atoms with Crippen LogP contribution in [0, 0.1) is 0 Å². The molecule has 1 saturated heterocycles. The second-order valence-corrected chi connectivity index (χ2v) is 1.14. The van der Waals surface area contributed by atoms with Gasteiger partial charge in [0.1, 0.15) is 0 Å². The lowest BCUT2D eigenvalue weighted by Crippen LogP contribution is -1.60. The van der Waals surface area contributed by atoms with E-state index in [2.05, 4.69) is 6.92 Å². The number of ether oxygens (including phenoxy) is 1. The van der Waals surface area contributed by atoms with Crippen LogP contribution < -0.4 is 0 Å². The second kappa shape index (κ2) is 3.12. The molecular formula is C4H10O2. The molecule has 2 nitrogen and oxygen atoms in total. The van der Waals surface area contributed by atoms with Gasteiger partial charge >= 0.3 is 0 Å². The van der Waals surface area contributed by atoms with Crippen molar-refractivity contribution in [3.8, 4) is 0 Å². The lowest BCUT2D eigenvalue weighted by Gasteiger charge is -1.50. The Labute approximate surface area is 37.7 Å². The summed E-state index contributed by atoms with van der Waals surface area (Å²) in [5.41, 5.74) is 0. The zero-order chi connectivity index (χ0) is 4.99. The highest BCUT2D eigenvalue weighted by atomic mass is 16.6. The Morgan fingerprint density at radius 3 is 1.83 bits per heavy atom. The molecule has 1 N–H and O–H groups in total. The van der Waals surface area contributed by atoms with Crippen molar-refractivity contribution in [2.75, 3.05) is 13.7 Å². The second-order valence-electron chi connectivity index (χ2n) is 1.14. The first kappa shape index (κ1) is 5.92. The van der Waals surface area contributed by atoms with Gasteiger partial charge in [-0.2, -0.15) is 0 Å². The molecule has 0 radical (unpaired) electrons. The molecule has 1 aliphatic heterocycles. The largest absolute Gasteiger partial charge is 0.400 e. The lowest BCUT2D eigenvalue weighted by atomic mass is 10.6. The van der Waals surface area contributed by atoms with Gasteiger partial charge in [-0.3, -0.25) is 0 Å². The summed E-state index contributed by atoms with van der Waals surface area (Å²) in [6, 6.07) is 0. The van der Waals surface area contributed by atoms with Gasteiger partial charge < -0.3 is 9.84 Å². The Morgan fingerprint density at radius 1 is 1.67 bits per heavy atom. The highest BCUT2D eigenvalue weighted by Crippen LogP contribution is 2.04. The van der Waals surface area contributed by atoms with Gasteiger partial charge in [0.25, 0.3) is 0 Å². The summed E-state index contributed by atoms with van der Waals surface area (Å²) in [5, 5.41) is 7.00. The molecule has 0 aromatic rings. The predicted molar refractivity (Wildman–Crippen MR) is 23.6 cm³/mol. The van der Waals surface area contributed by atoms with E-state index in [0.717, 1.165) is 13.7 Å². The van der Waals surface area contributed by atoms with Crippen LogP contribution in [0.1, 0.15) is 6.92 Å². The molecule has 0 aliphatic carbocycles. The smallest absolute Gasteiger partial charge is 0.0781 e. The summed E-state index contributed by atoms with van der Waals surface area (Å²) < 4.78 is 4.71. The number of aliphatic hydroxyl groups is 1. The Kier molecular flexibility index (Phi) is 3.08. The van der Waals surface area contributed by atoms with Crippen LogP contribution in [0.4, 0.5) is 0 Å². The average Bonchev–Trinajstić information content (AvgIpc) is 2.30. The molecule has 1 aliphatic rings. The van der Waals surface area contributed by atoms with Crippen molar-refractivity contribution in [1.29, 1.82) is 0 Å². The zero-order valence-electron chi connectivity index (χ0n) is 4.14. The summed E-state index contributed by atoms with van der Waals surface area (Å²) in [6.45, 7) is 3.04. The van der Waals surface area contributed by atoms with Crippen LogP contribution in [-0.4, -0.2) is 24.9 Å². The molecule has 0 aromatic heterocycles. The Balaban J connectivity index is 0.000000112. The van der Waals surface area contributed by atoms with Gasteiger partial charge in [-0.05, 0) is 6.92 Å². The minimum Gasteiger partial charge on any atom is -0.400 e. The van der Waals surface area contributed by atoms with E-state index in [0.29, 0.717) is 6.10 Å². The number of epoxide rings is 1. The molecule has 0 saturated carbocycles. The highest BCUT2D eigenvalue weighted by Gasteiger charge is 2.13. The maximum atomic E-state index is 7.00. The average molecular weight is 90.1 g/mol. The van der Waals surface area contributed by atoms with Crippen LogP contribution in [0.15, 0.2) is 0 Å². The molecule has 1 heterocycles. The van der Waals surface area contributed by atoms with Crippen molar-refractivity contribution in [3.05, 3.63) is 0 Å². The standard InChI is InChI=1S/C3H6O.CH4O/c1-3-2-4-3;1-2/h3H,2H2,1H3;2H,1H3. The van der Waals surface area contributed by atoms with E-state index < -0.39 is 0 Å². The van der Waals surface area contributed by atoms with Crippen molar-refractivity contribution >= 4 is 0 Å². The Hall–Kier alpha value is -0.0800. The topological polar surface area (TPSA) is 32.8 Å². The first-order valence-corrected chi connectivity index (χ1v) is 1.96. The molecule has 1 rings (SSSR count). The number of hydrogen-bond acceptors (Lipinski definition) is 2. The van der Waals surface area contributed by atoms with Crippen molar-refractivity contribution < 1.29 is 9.84 Å². The van der Waals surface area contributed by atoms with Gasteiger partial charge in [0, 0.05) is 7.11 Å². The first-order chi connectivity index (χ1) is 2.89. The van der Waals surface area contributed by atoms with Crippen molar-refractivity contribution in [3.63, 3.8) is 0 Å². The third-order valence-corrected chi connectivity index (χ3v) is 0.500. The minimum absolute atomic E-state index is 0.583. The summed E-state index contributed by atoms with van der Waals surface area (Å²) >= 11 is 0. The van der Waals surface area contributed by atoms with Gasteiger partial charge in [-0.15, -0.1) is 0 Å². The lowest BCUT2D eigenvalue weighted by molar-refractivity contribution is 0.399. The number of hydrogen-bond donors (Lipinski definition) is 1. The first-order valence-electron chi connectivity index (χ1n) is 1.96. The predicted octanol–water partition coefficient (Wildman–Crippen LogP) is 0.0136. The van der Waals surface area contributed by atoms with Crippen LogP contribution in [0.2, 0.25) is 0 Å². The number of rotatable bonds is 0. The van der Waals surface area contributed by atoms with Crippen LogP contribution >= 0.6 is 0 Å². The van der Waals surface area contributed by atoms with Crippen LogP contribution in [0.3, 0.4) is 0 Å². The molecule has 0 amide bonds. The van der Waals surface area contributed by atoms with Gasteiger partial charge in [0.05, 0.1) is 12.7 Å².